The van der Waals surface area contributed by atoms with Crippen LogP contribution in [0.25, 0.3) is 11.6 Å². The van der Waals surface area contributed by atoms with Gasteiger partial charge in [-0.25, -0.2) is 8.78 Å². The van der Waals surface area contributed by atoms with Gasteiger partial charge in [0.1, 0.15) is 17.4 Å². The molecule has 9 nitrogen and oxygen atoms in total. The zero-order valence-corrected chi connectivity index (χ0v) is 18.9. The van der Waals surface area contributed by atoms with Crippen LogP contribution in [0.4, 0.5) is 8.78 Å². The summed E-state index contributed by atoms with van der Waals surface area (Å²) in [6.45, 7) is 0. The van der Waals surface area contributed by atoms with Crippen molar-refractivity contribution in [2.75, 3.05) is 0 Å². The van der Waals surface area contributed by atoms with Gasteiger partial charge >= 0.3 is 0 Å². The lowest BCUT2D eigenvalue weighted by atomic mass is 9.51. The Morgan fingerprint density at radius 3 is 2.32 bits per heavy atom. The van der Waals surface area contributed by atoms with Crippen molar-refractivity contribution in [2.45, 2.75) is 18.1 Å². The quantitative estimate of drug-likeness (QED) is 0.424. The summed E-state index contributed by atoms with van der Waals surface area (Å²) in [5.74, 6) is -16.0. The van der Waals surface area contributed by atoms with Crippen LogP contribution in [0.3, 0.4) is 0 Å². The third-order valence-corrected chi connectivity index (χ3v) is 7.45. The molecule has 0 aromatic heterocycles. The number of phenolic OH excluding ortho intramolecular Hbond substituents is 1. The summed E-state index contributed by atoms with van der Waals surface area (Å²) in [5.41, 5.74) is 1.73. The summed E-state index contributed by atoms with van der Waals surface area (Å²) in [6, 6.07) is 6.47. The standard InChI is InChI=1S/C26H19F2NO8/c27-10-4-9(5-11(28)7-10)6-13-12-2-1-3-15(30)17(12)22(33)20-18(13)21(32)14-8-16(31)19(25(29)36)23(34)26(14,37)24(20)35/h1-7,14,18-21,30,32,37H,8H2,(H2,29,36)/t14-,18-,19?,20?,21-,26-/m1/s1. The van der Waals surface area contributed by atoms with Gasteiger partial charge in [0.25, 0.3) is 0 Å². The highest BCUT2D eigenvalue weighted by molar-refractivity contribution is 6.32. The number of fused-ring (bicyclic) bond motifs is 3. The number of ketones is 4. The molecule has 190 valence electrons. The highest BCUT2D eigenvalue weighted by Gasteiger charge is 2.69. The van der Waals surface area contributed by atoms with Crippen LogP contribution in [0.15, 0.2) is 36.4 Å². The molecule has 11 heteroatoms. The number of amides is 1. The molecule has 2 aromatic carbocycles. The summed E-state index contributed by atoms with van der Waals surface area (Å²) in [6.07, 6.45) is -1.42. The lowest BCUT2D eigenvalue weighted by molar-refractivity contribution is -0.185. The third-order valence-electron chi connectivity index (χ3n) is 7.45. The maximum Gasteiger partial charge on any atom is 0.235 e. The largest absolute Gasteiger partial charge is 0.507 e. The first-order chi connectivity index (χ1) is 17.4. The fraction of sp³-hybridized carbons (Fsp3) is 0.269. The topological polar surface area (TPSA) is 172 Å². The van der Waals surface area contributed by atoms with Crippen molar-refractivity contribution in [2.24, 2.45) is 29.4 Å². The van der Waals surface area contributed by atoms with E-state index in [1.807, 2.05) is 0 Å². The Hall–Kier alpha value is -4.09. The van der Waals surface area contributed by atoms with Crippen LogP contribution in [-0.4, -0.2) is 56.1 Å². The first kappa shape index (κ1) is 24.6. The maximum absolute atomic E-state index is 13.9. The van der Waals surface area contributed by atoms with Crippen molar-refractivity contribution in [3.8, 4) is 5.75 Å². The molecule has 1 amide bonds. The Balaban J connectivity index is 1.76. The number of nitrogens with two attached hydrogens (primary N) is 1. The Bertz CT molecular complexity index is 1450. The second-order valence-corrected chi connectivity index (χ2v) is 9.47. The number of primary amides is 1. The van der Waals surface area contributed by atoms with Crippen LogP contribution in [0.2, 0.25) is 0 Å². The molecule has 3 aliphatic rings. The van der Waals surface area contributed by atoms with Gasteiger partial charge < -0.3 is 21.1 Å². The van der Waals surface area contributed by atoms with Crippen molar-refractivity contribution in [1.29, 1.82) is 0 Å². The molecule has 0 radical (unpaired) electrons. The van der Waals surface area contributed by atoms with Gasteiger partial charge in [-0.3, -0.25) is 24.0 Å². The van der Waals surface area contributed by atoms with Crippen LogP contribution in [0.1, 0.15) is 27.9 Å². The predicted octanol–water partition coefficient (Wildman–Crippen LogP) is 0.574. The summed E-state index contributed by atoms with van der Waals surface area (Å²) in [5, 5.41) is 33.1. The molecule has 2 unspecified atom stereocenters. The molecule has 3 aliphatic carbocycles. The van der Waals surface area contributed by atoms with E-state index in [0.717, 1.165) is 18.2 Å². The van der Waals surface area contributed by atoms with Crippen molar-refractivity contribution in [3.63, 3.8) is 0 Å². The number of rotatable bonds is 2. The minimum atomic E-state index is -3.08. The molecule has 6 atom stereocenters. The van der Waals surface area contributed by atoms with Gasteiger partial charge in [0.15, 0.2) is 34.7 Å². The molecule has 37 heavy (non-hydrogen) atoms. The molecule has 0 saturated heterocycles. The SMILES string of the molecule is NC(=O)C1C(=O)C[C@@H]2[C@@H](O)[C@@H]3C(=Cc4cc(F)cc(F)c4)c4cccc(O)c4C(=O)C3C(=O)[C@]2(O)C1=O. The van der Waals surface area contributed by atoms with Gasteiger partial charge in [-0.2, -0.15) is 0 Å². The Kier molecular flexibility index (Phi) is 5.46. The van der Waals surface area contributed by atoms with Gasteiger partial charge in [-0.15, -0.1) is 0 Å². The molecule has 0 bridgehead atoms. The smallest absolute Gasteiger partial charge is 0.235 e. The average Bonchev–Trinajstić information content (AvgIpc) is 2.80. The van der Waals surface area contributed by atoms with Crippen LogP contribution in [-0.2, 0) is 19.2 Å². The predicted molar refractivity (Wildman–Crippen MR) is 120 cm³/mol. The number of carbonyl (C=O) groups excluding carboxylic acids is 5. The molecular weight excluding hydrogens is 492 g/mol. The van der Waals surface area contributed by atoms with Crippen LogP contribution >= 0.6 is 0 Å². The Labute approximate surface area is 207 Å². The van der Waals surface area contributed by atoms with E-state index in [9.17, 15) is 48.1 Å². The van der Waals surface area contributed by atoms with Crippen molar-refractivity contribution < 1.29 is 48.1 Å². The highest BCUT2D eigenvalue weighted by Crippen LogP contribution is 2.54. The minimum absolute atomic E-state index is 0.0142. The molecule has 5 rings (SSSR count). The fourth-order valence-corrected chi connectivity index (χ4v) is 5.87. The number of hydrogen-bond donors (Lipinski definition) is 4. The molecule has 2 aromatic rings. The second-order valence-electron chi connectivity index (χ2n) is 9.47. The summed E-state index contributed by atoms with van der Waals surface area (Å²) >= 11 is 0. The van der Waals surface area contributed by atoms with E-state index in [1.54, 1.807) is 0 Å². The zero-order valence-electron chi connectivity index (χ0n) is 18.9. The fourth-order valence-electron chi connectivity index (χ4n) is 5.87. The van der Waals surface area contributed by atoms with E-state index < -0.39 is 88.2 Å². The summed E-state index contributed by atoms with van der Waals surface area (Å²) in [7, 11) is 0. The van der Waals surface area contributed by atoms with E-state index in [0.29, 0.717) is 6.07 Å². The normalized spacial score (nSPS) is 32.1. The first-order valence-electron chi connectivity index (χ1n) is 11.2. The van der Waals surface area contributed by atoms with E-state index in [4.69, 9.17) is 5.73 Å². The van der Waals surface area contributed by atoms with E-state index in [-0.39, 0.29) is 22.3 Å². The average molecular weight is 511 g/mol. The van der Waals surface area contributed by atoms with Gasteiger partial charge in [-0.05, 0) is 34.9 Å². The van der Waals surface area contributed by atoms with Gasteiger partial charge in [0.05, 0.1) is 17.6 Å². The van der Waals surface area contributed by atoms with E-state index in [2.05, 4.69) is 0 Å². The molecule has 0 heterocycles. The van der Waals surface area contributed by atoms with Crippen molar-refractivity contribution in [3.05, 3.63) is 64.7 Å². The lowest BCUT2D eigenvalue weighted by Crippen LogP contribution is -2.72. The lowest BCUT2D eigenvalue weighted by Gasteiger charge is -2.51. The van der Waals surface area contributed by atoms with E-state index in [1.165, 1.54) is 18.2 Å². The zero-order chi connectivity index (χ0) is 27.0. The summed E-state index contributed by atoms with van der Waals surface area (Å²) < 4.78 is 27.8. The minimum Gasteiger partial charge on any atom is -0.507 e. The molecule has 0 spiro atoms. The molecular formula is C26H19F2NO8. The van der Waals surface area contributed by atoms with Crippen LogP contribution in [0, 0.1) is 35.3 Å². The molecule has 2 fully saturated rings. The number of hydrogen-bond acceptors (Lipinski definition) is 8. The first-order valence-corrected chi connectivity index (χ1v) is 11.2. The molecule has 5 N–H and O–H groups in total. The number of halogens is 2. The van der Waals surface area contributed by atoms with Crippen LogP contribution < -0.4 is 5.73 Å². The third kappa shape index (κ3) is 3.38. The number of carbonyl (C=O) groups is 5. The Morgan fingerprint density at radius 1 is 1.05 bits per heavy atom. The number of aliphatic hydroxyl groups excluding tert-OH is 1. The maximum atomic E-state index is 13.9. The van der Waals surface area contributed by atoms with Gasteiger partial charge in [0, 0.05) is 24.3 Å². The second kappa shape index (κ2) is 8.22. The monoisotopic (exact) mass is 511 g/mol. The molecule has 0 aliphatic heterocycles. The van der Waals surface area contributed by atoms with Crippen LogP contribution in [0.5, 0.6) is 5.75 Å². The van der Waals surface area contributed by atoms with Crippen molar-refractivity contribution in [1.82, 2.24) is 0 Å². The number of phenols is 1. The van der Waals surface area contributed by atoms with E-state index >= 15 is 0 Å². The number of aliphatic hydroxyl groups is 2. The number of aromatic hydroxyl groups is 1. The highest BCUT2D eigenvalue weighted by atomic mass is 19.1. The Morgan fingerprint density at radius 2 is 1.70 bits per heavy atom. The summed E-state index contributed by atoms with van der Waals surface area (Å²) in [4.78, 5) is 64.6. The van der Waals surface area contributed by atoms with Gasteiger partial charge in [-0.1, -0.05) is 18.2 Å². The van der Waals surface area contributed by atoms with Gasteiger partial charge in [0.2, 0.25) is 5.91 Å². The van der Waals surface area contributed by atoms with Crippen molar-refractivity contribution >= 4 is 40.7 Å². The number of Topliss-reactive ketones (excluding diaryl/α,β-unsaturated/α-hetero) is 4. The molecule has 2 saturated carbocycles. The number of benzene rings is 2.